The number of aromatic amines is 1. The van der Waals surface area contributed by atoms with Crippen LogP contribution in [0.4, 0.5) is 19.0 Å². The first-order valence-electron chi connectivity index (χ1n) is 4.71. The lowest BCUT2D eigenvalue weighted by Gasteiger charge is -2.12. The summed E-state index contributed by atoms with van der Waals surface area (Å²) in [5.41, 5.74) is 0. The topological polar surface area (TPSA) is 66.5 Å². The van der Waals surface area contributed by atoms with E-state index in [2.05, 4.69) is 25.5 Å². The maximum atomic E-state index is 13.3. The number of pyridine rings is 1. The highest BCUT2D eigenvalue weighted by atomic mass is 19.2. The lowest BCUT2D eigenvalue weighted by Crippen LogP contribution is -2.12. The van der Waals surface area contributed by atoms with Gasteiger partial charge in [-0.1, -0.05) is 0 Å². The van der Waals surface area contributed by atoms with Crippen molar-refractivity contribution in [2.75, 3.05) is 5.32 Å². The van der Waals surface area contributed by atoms with Crippen molar-refractivity contribution in [3.8, 4) is 0 Å². The molecule has 0 aliphatic heterocycles. The van der Waals surface area contributed by atoms with Gasteiger partial charge in [-0.05, 0) is 6.92 Å². The predicted octanol–water partition coefficient (Wildman–Crippen LogP) is 1.79. The molecular formula is C9H8F3N5. The number of halogens is 3. The number of nitrogens with zero attached hydrogens (tertiary/aromatic N) is 3. The molecule has 0 fully saturated rings. The van der Waals surface area contributed by atoms with Gasteiger partial charge in [-0.15, -0.1) is 0 Å². The second-order valence-electron chi connectivity index (χ2n) is 3.33. The van der Waals surface area contributed by atoms with Gasteiger partial charge in [0.2, 0.25) is 0 Å². The third kappa shape index (κ3) is 2.35. The van der Waals surface area contributed by atoms with Crippen LogP contribution in [0, 0.1) is 17.6 Å². The maximum absolute atomic E-state index is 13.3. The van der Waals surface area contributed by atoms with Crippen molar-refractivity contribution in [2.24, 2.45) is 0 Å². The van der Waals surface area contributed by atoms with Crippen LogP contribution in [0.5, 0.6) is 0 Å². The van der Waals surface area contributed by atoms with Crippen molar-refractivity contribution >= 4 is 5.82 Å². The number of rotatable bonds is 3. The van der Waals surface area contributed by atoms with E-state index in [-0.39, 0.29) is 5.82 Å². The Morgan fingerprint density at radius 3 is 2.71 bits per heavy atom. The summed E-state index contributed by atoms with van der Waals surface area (Å²) in [6.07, 6.45) is 1.28. The molecular weight excluding hydrogens is 235 g/mol. The summed E-state index contributed by atoms with van der Waals surface area (Å²) < 4.78 is 38.7. The Morgan fingerprint density at radius 2 is 2.06 bits per heavy atom. The van der Waals surface area contributed by atoms with Gasteiger partial charge in [0.25, 0.3) is 5.95 Å². The SMILES string of the molecule is CC(Nc1nc(F)c(F)cc1F)c1ncn[nH]1. The molecule has 0 saturated carbocycles. The molecule has 0 aliphatic rings. The van der Waals surface area contributed by atoms with E-state index in [1.807, 2.05) is 0 Å². The van der Waals surface area contributed by atoms with E-state index in [9.17, 15) is 13.2 Å². The highest BCUT2D eigenvalue weighted by molar-refractivity contribution is 5.37. The fraction of sp³-hybridized carbons (Fsp3) is 0.222. The van der Waals surface area contributed by atoms with Gasteiger partial charge in [0.1, 0.15) is 12.2 Å². The van der Waals surface area contributed by atoms with Crippen molar-refractivity contribution in [2.45, 2.75) is 13.0 Å². The minimum absolute atomic E-state index is 0.382. The van der Waals surface area contributed by atoms with E-state index in [4.69, 9.17) is 0 Å². The summed E-state index contributed by atoms with van der Waals surface area (Å²) in [5, 5.41) is 8.73. The number of nitrogens with one attached hydrogen (secondary N) is 2. The predicted molar refractivity (Wildman–Crippen MR) is 52.5 cm³/mol. The summed E-state index contributed by atoms with van der Waals surface area (Å²) in [7, 11) is 0. The highest BCUT2D eigenvalue weighted by Crippen LogP contribution is 2.19. The largest absolute Gasteiger partial charge is 0.358 e. The lowest BCUT2D eigenvalue weighted by molar-refractivity contribution is 0.465. The second-order valence-corrected chi connectivity index (χ2v) is 3.33. The van der Waals surface area contributed by atoms with Gasteiger partial charge in [-0.25, -0.2) is 13.8 Å². The summed E-state index contributed by atoms with van der Waals surface area (Å²) in [6, 6.07) is -0.0398. The maximum Gasteiger partial charge on any atom is 0.251 e. The molecule has 0 aromatic carbocycles. The minimum atomic E-state index is -1.36. The molecule has 2 aromatic heterocycles. The van der Waals surface area contributed by atoms with Crippen molar-refractivity contribution in [3.05, 3.63) is 35.8 Å². The molecule has 2 rings (SSSR count). The van der Waals surface area contributed by atoms with Gasteiger partial charge >= 0.3 is 0 Å². The molecule has 2 heterocycles. The molecule has 0 saturated heterocycles. The molecule has 0 spiro atoms. The third-order valence-corrected chi connectivity index (χ3v) is 2.08. The van der Waals surface area contributed by atoms with E-state index in [0.717, 1.165) is 0 Å². The molecule has 2 N–H and O–H groups in total. The van der Waals surface area contributed by atoms with Crippen LogP contribution >= 0.6 is 0 Å². The normalized spacial score (nSPS) is 12.5. The standard InChI is InChI=1S/C9H8F3N5/c1-4(8-13-3-14-17-8)15-9-6(11)2-5(10)7(12)16-9/h2-4H,1H3,(H,15,16)(H,13,14,17). The smallest absolute Gasteiger partial charge is 0.251 e. The fourth-order valence-corrected chi connectivity index (χ4v) is 1.24. The molecule has 1 atom stereocenters. The summed E-state index contributed by atoms with van der Waals surface area (Å²) in [5.74, 6) is -3.63. The molecule has 90 valence electrons. The monoisotopic (exact) mass is 243 g/mol. The Bertz CT molecular complexity index is 514. The van der Waals surface area contributed by atoms with Crippen LogP contribution in [0.25, 0.3) is 0 Å². The van der Waals surface area contributed by atoms with Crippen LogP contribution in [0.3, 0.4) is 0 Å². The van der Waals surface area contributed by atoms with Crippen LogP contribution in [0.15, 0.2) is 12.4 Å². The van der Waals surface area contributed by atoms with Crippen LogP contribution in [-0.2, 0) is 0 Å². The first-order chi connectivity index (χ1) is 8.08. The van der Waals surface area contributed by atoms with Crippen molar-refractivity contribution in [1.29, 1.82) is 0 Å². The number of anilines is 1. The molecule has 2 aromatic rings. The van der Waals surface area contributed by atoms with E-state index >= 15 is 0 Å². The third-order valence-electron chi connectivity index (χ3n) is 2.08. The highest BCUT2D eigenvalue weighted by Gasteiger charge is 2.15. The Balaban J connectivity index is 2.22. The van der Waals surface area contributed by atoms with E-state index in [1.165, 1.54) is 6.33 Å². The molecule has 0 aliphatic carbocycles. The Hall–Kier alpha value is -2.12. The Morgan fingerprint density at radius 1 is 1.29 bits per heavy atom. The summed E-state index contributed by atoms with van der Waals surface area (Å²) >= 11 is 0. The number of H-pyrrole nitrogens is 1. The van der Waals surface area contributed by atoms with Gasteiger partial charge < -0.3 is 5.32 Å². The fourth-order valence-electron chi connectivity index (χ4n) is 1.24. The Kier molecular flexibility index (Phi) is 2.94. The van der Waals surface area contributed by atoms with E-state index in [1.54, 1.807) is 6.92 Å². The zero-order chi connectivity index (χ0) is 12.4. The van der Waals surface area contributed by atoms with Crippen molar-refractivity contribution < 1.29 is 13.2 Å². The van der Waals surface area contributed by atoms with Gasteiger partial charge in [-0.3, -0.25) is 5.10 Å². The van der Waals surface area contributed by atoms with Crippen LogP contribution < -0.4 is 5.32 Å². The first-order valence-corrected chi connectivity index (χ1v) is 4.71. The summed E-state index contributed by atoms with van der Waals surface area (Å²) in [6.45, 7) is 1.64. The number of aromatic nitrogens is 4. The molecule has 5 nitrogen and oxygen atoms in total. The first kappa shape index (κ1) is 11.4. The van der Waals surface area contributed by atoms with E-state index in [0.29, 0.717) is 11.9 Å². The quantitative estimate of drug-likeness (QED) is 0.806. The second kappa shape index (κ2) is 4.40. The molecule has 17 heavy (non-hydrogen) atoms. The zero-order valence-electron chi connectivity index (χ0n) is 8.71. The molecule has 0 bridgehead atoms. The van der Waals surface area contributed by atoms with E-state index < -0.39 is 23.6 Å². The summed E-state index contributed by atoms with van der Waals surface area (Å²) in [4.78, 5) is 6.97. The van der Waals surface area contributed by atoms with Crippen LogP contribution in [0.1, 0.15) is 18.8 Å². The van der Waals surface area contributed by atoms with Gasteiger partial charge in [0.05, 0.1) is 6.04 Å². The Labute approximate surface area is 94.1 Å². The molecule has 1 unspecified atom stereocenters. The average Bonchev–Trinajstić information content (AvgIpc) is 2.79. The minimum Gasteiger partial charge on any atom is -0.358 e. The molecule has 8 heteroatoms. The average molecular weight is 243 g/mol. The van der Waals surface area contributed by atoms with Crippen molar-refractivity contribution in [1.82, 2.24) is 20.2 Å². The van der Waals surface area contributed by atoms with Crippen LogP contribution in [0.2, 0.25) is 0 Å². The van der Waals surface area contributed by atoms with Gasteiger partial charge in [-0.2, -0.15) is 14.5 Å². The van der Waals surface area contributed by atoms with Gasteiger partial charge in [0.15, 0.2) is 17.5 Å². The van der Waals surface area contributed by atoms with Crippen molar-refractivity contribution in [3.63, 3.8) is 0 Å². The molecule has 0 amide bonds. The molecule has 0 radical (unpaired) electrons. The number of hydrogen-bond acceptors (Lipinski definition) is 4. The zero-order valence-corrected chi connectivity index (χ0v) is 8.71. The van der Waals surface area contributed by atoms with Crippen LogP contribution in [-0.4, -0.2) is 20.2 Å². The number of hydrogen-bond donors (Lipinski definition) is 2. The van der Waals surface area contributed by atoms with Gasteiger partial charge in [0, 0.05) is 6.07 Å². The lowest BCUT2D eigenvalue weighted by atomic mass is 10.3.